The maximum atomic E-state index is 15.0. The Balaban J connectivity index is 1.41. The number of carbonyl (C=O) groups excluding carboxylic acids is 9. The Morgan fingerprint density at radius 1 is 0.744 bits per heavy atom. The number of unbranched alkanes of at least 4 members (excludes halogenated alkanes) is 1. The molecule has 9 amide bonds. The topological polar surface area (TPSA) is 385 Å². The van der Waals surface area contributed by atoms with E-state index >= 15 is 0 Å². The summed E-state index contributed by atoms with van der Waals surface area (Å²) in [6.45, 7) is 3.25. The quantitative estimate of drug-likeness (QED) is 0.0330. The number of amides is 9. The molecule has 416 valence electrons. The highest BCUT2D eigenvalue weighted by Crippen LogP contribution is 2.21. The van der Waals surface area contributed by atoms with Gasteiger partial charge in [-0.15, -0.1) is 0 Å². The molecular weight excluding hydrogens is 1000 g/mol. The summed E-state index contributed by atoms with van der Waals surface area (Å²) in [4.78, 5) is 140. The van der Waals surface area contributed by atoms with Gasteiger partial charge in [0.05, 0.1) is 12.7 Å². The maximum absolute atomic E-state index is 15.0. The molecule has 0 spiro atoms. The first-order valence-electron chi connectivity index (χ1n) is 26.2. The van der Waals surface area contributed by atoms with Crippen molar-refractivity contribution in [2.24, 2.45) is 22.2 Å². The fourth-order valence-corrected chi connectivity index (χ4v) is 9.15. The Hall–Kier alpha value is -8.83. The number of aromatic nitrogens is 3. The zero-order valence-corrected chi connectivity index (χ0v) is 43.8. The largest absolute Gasteiger partial charge is 0.370 e. The van der Waals surface area contributed by atoms with Crippen LogP contribution in [0.3, 0.4) is 0 Å². The van der Waals surface area contributed by atoms with Gasteiger partial charge in [-0.25, -0.2) is 4.98 Å². The molecule has 0 bridgehead atoms. The van der Waals surface area contributed by atoms with Crippen LogP contribution in [0, 0.1) is 0 Å². The SMILES string of the molecule is CCCC[C@@H](NC(C)=O)C(=O)N[C@@H]1CC(=O)NCCCC[C@@H](C(N)=O)NC(=O)[C@H](Cc2c[nH]c3ccccc23)NC(=O)[C@@H](CCCN=C(N)N)NC(=O)[C@H](Cc2ccc3ccccc3c2)NC(=O)C(Cc2cnc[nH]2)NC1=O. The van der Waals surface area contributed by atoms with Crippen LogP contribution in [0.1, 0.15) is 88.5 Å². The zero-order chi connectivity index (χ0) is 56.1. The lowest BCUT2D eigenvalue weighted by molar-refractivity contribution is -0.136. The molecule has 3 aromatic carbocycles. The van der Waals surface area contributed by atoms with Gasteiger partial charge in [-0.1, -0.05) is 80.4 Å². The predicted molar refractivity (Wildman–Crippen MR) is 291 cm³/mol. The van der Waals surface area contributed by atoms with Gasteiger partial charge in [0, 0.05) is 68.3 Å². The standard InChI is InChI=1S/C54H71N15O9/c1-3-4-15-40(63-31(2)70)48(73)69-45-27-46(71)59-21-10-9-17-39(47(55)72)64-51(76)43(25-35-28-61-38-16-8-7-14-37(35)38)67-49(74)41(18-11-22-60-54(56)57)65-50(75)42(24-32-19-20-33-12-5-6-13-34(33)23-32)66-52(77)44(68-53(45)78)26-36-29-58-30-62-36/h5-8,12-14,16,19-20,23,28-30,39-45,61H,3-4,9-11,15,17-18,21-22,24-27H2,1-2H3,(H2,55,72)(H,58,62)(H,59,71)(H,63,70)(H,64,76)(H,65,75)(H,66,77)(H,67,74)(H,68,78)(H,69,73)(H4,56,57,60)/t39-,40+,41+,42-,43-,44?,45+/m0/s1. The van der Waals surface area contributed by atoms with Crippen LogP contribution in [-0.4, -0.2) is 129 Å². The van der Waals surface area contributed by atoms with Gasteiger partial charge in [0.15, 0.2) is 5.96 Å². The van der Waals surface area contributed by atoms with Crippen molar-refractivity contribution in [2.75, 3.05) is 13.1 Å². The number of hydrogen-bond donors (Lipinski definition) is 13. The van der Waals surface area contributed by atoms with E-state index in [9.17, 15) is 43.2 Å². The third-order valence-electron chi connectivity index (χ3n) is 13.3. The van der Waals surface area contributed by atoms with E-state index in [0.717, 1.165) is 21.7 Å². The molecule has 2 aromatic heterocycles. The number of rotatable bonds is 17. The van der Waals surface area contributed by atoms with Crippen molar-refractivity contribution in [1.29, 1.82) is 0 Å². The first kappa shape index (κ1) is 58.4. The minimum absolute atomic E-state index is 0.0366. The van der Waals surface area contributed by atoms with Crippen LogP contribution in [0.15, 0.2) is 90.4 Å². The normalized spacial score (nSPS) is 20.9. The number of aliphatic imine (C=N–C) groups is 1. The van der Waals surface area contributed by atoms with Crippen molar-refractivity contribution in [3.8, 4) is 0 Å². The van der Waals surface area contributed by atoms with E-state index in [0.29, 0.717) is 29.7 Å². The van der Waals surface area contributed by atoms with E-state index in [2.05, 4.69) is 62.5 Å². The minimum atomic E-state index is -1.59. The minimum Gasteiger partial charge on any atom is -0.370 e. The number of imidazole rings is 1. The van der Waals surface area contributed by atoms with Crippen molar-refractivity contribution in [3.63, 3.8) is 0 Å². The highest BCUT2D eigenvalue weighted by Gasteiger charge is 2.35. The lowest BCUT2D eigenvalue weighted by Crippen LogP contribution is -2.61. The average Bonchev–Trinajstić information content (AvgIpc) is 4.10. The Morgan fingerprint density at radius 3 is 2.12 bits per heavy atom. The van der Waals surface area contributed by atoms with Crippen molar-refractivity contribution < 1.29 is 43.2 Å². The first-order valence-corrected chi connectivity index (χ1v) is 26.2. The molecule has 1 aliphatic rings. The van der Waals surface area contributed by atoms with Crippen LogP contribution >= 0.6 is 0 Å². The molecule has 16 N–H and O–H groups in total. The summed E-state index contributed by atoms with van der Waals surface area (Å²) in [5.74, 6) is -7.13. The van der Waals surface area contributed by atoms with Crippen LogP contribution < -0.4 is 59.7 Å². The smallest absolute Gasteiger partial charge is 0.243 e. The number of nitrogens with zero attached hydrogens (tertiary/aromatic N) is 2. The molecule has 7 atom stereocenters. The third-order valence-corrected chi connectivity index (χ3v) is 13.3. The van der Waals surface area contributed by atoms with Gasteiger partial charge in [-0.05, 0) is 66.5 Å². The molecule has 1 saturated heterocycles. The number of nitrogens with one attached hydrogen (secondary N) is 10. The van der Waals surface area contributed by atoms with Crippen molar-refractivity contribution in [2.45, 2.75) is 133 Å². The fraction of sp³-hybridized carbons (Fsp3) is 0.426. The van der Waals surface area contributed by atoms with E-state index in [-0.39, 0.29) is 76.8 Å². The van der Waals surface area contributed by atoms with E-state index in [4.69, 9.17) is 17.2 Å². The molecule has 78 heavy (non-hydrogen) atoms. The Morgan fingerprint density at radius 2 is 1.41 bits per heavy atom. The second kappa shape index (κ2) is 28.9. The van der Waals surface area contributed by atoms with Gasteiger partial charge in [0.1, 0.15) is 42.3 Å². The number of guanidine groups is 1. The van der Waals surface area contributed by atoms with E-state index in [1.54, 1.807) is 12.3 Å². The van der Waals surface area contributed by atoms with E-state index in [1.807, 2.05) is 67.6 Å². The first-order chi connectivity index (χ1) is 37.5. The van der Waals surface area contributed by atoms with E-state index in [1.165, 1.54) is 19.4 Å². The van der Waals surface area contributed by atoms with Crippen LogP contribution in [0.2, 0.25) is 0 Å². The molecule has 5 aromatic rings. The predicted octanol–water partition coefficient (Wildman–Crippen LogP) is -0.0951. The van der Waals surface area contributed by atoms with Crippen molar-refractivity contribution in [1.82, 2.24) is 57.5 Å². The molecule has 6 rings (SSSR count). The number of carbonyl (C=O) groups is 9. The number of para-hydroxylation sites is 1. The number of H-pyrrole nitrogens is 2. The van der Waals surface area contributed by atoms with Crippen molar-refractivity contribution >= 4 is 80.8 Å². The van der Waals surface area contributed by atoms with Gasteiger partial charge >= 0.3 is 0 Å². The van der Waals surface area contributed by atoms with E-state index < -0.39 is 102 Å². The second-order valence-corrected chi connectivity index (χ2v) is 19.4. The van der Waals surface area contributed by atoms with Gasteiger partial charge < -0.3 is 69.7 Å². The third kappa shape index (κ3) is 17.6. The van der Waals surface area contributed by atoms with Crippen LogP contribution in [0.25, 0.3) is 21.7 Å². The lowest BCUT2D eigenvalue weighted by Gasteiger charge is -2.28. The molecule has 1 unspecified atom stereocenters. The summed E-state index contributed by atoms with van der Waals surface area (Å²) in [7, 11) is 0. The summed E-state index contributed by atoms with van der Waals surface area (Å²) >= 11 is 0. The highest BCUT2D eigenvalue weighted by atomic mass is 16.2. The summed E-state index contributed by atoms with van der Waals surface area (Å²) in [6, 6.07) is 10.9. The highest BCUT2D eigenvalue weighted by molar-refractivity contribution is 5.99. The van der Waals surface area contributed by atoms with Gasteiger partial charge in [-0.3, -0.25) is 48.1 Å². The summed E-state index contributed by atoms with van der Waals surface area (Å²) in [6.07, 6.45) is 5.65. The second-order valence-electron chi connectivity index (χ2n) is 19.4. The Kier molecular flexibility index (Phi) is 21.6. The molecule has 0 saturated carbocycles. The number of nitrogens with two attached hydrogens (primary N) is 3. The molecule has 1 aliphatic heterocycles. The number of fused-ring (bicyclic) bond motifs is 2. The van der Waals surface area contributed by atoms with Crippen LogP contribution in [0.4, 0.5) is 0 Å². The Bertz CT molecular complexity index is 2940. The summed E-state index contributed by atoms with van der Waals surface area (Å²) in [5, 5.41) is 24.3. The number of benzene rings is 3. The number of aromatic amines is 2. The molecule has 24 nitrogen and oxygen atoms in total. The van der Waals surface area contributed by atoms with Gasteiger partial charge in [0.25, 0.3) is 0 Å². The summed E-state index contributed by atoms with van der Waals surface area (Å²) < 4.78 is 0. The number of primary amides is 1. The van der Waals surface area contributed by atoms with Gasteiger partial charge in [0.2, 0.25) is 53.2 Å². The lowest BCUT2D eigenvalue weighted by atomic mass is 9.99. The molecule has 0 aliphatic carbocycles. The van der Waals surface area contributed by atoms with Crippen LogP contribution in [0.5, 0.6) is 0 Å². The number of hydrogen-bond acceptors (Lipinski definition) is 11. The average molecular weight is 1070 g/mol. The molecule has 1 fully saturated rings. The molecule has 3 heterocycles. The Labute approximate surface area is 450 Å². The van der Waals surface area contributed by atoms with Crippen LogP contribution in [-0.2, 0) is 62.4 Å². The maximum Gasteiger partial charge on any atom is 0.243 e. The van der Waals surface area contributed by atoms with Crippen molar-refractivity contribution in [3.05, 3.63) is 102 Å². The molecule has 0 radical (unpaired) electrons. The molecular formula is C54H71N15O9. The molecule has 24 heteroatoms. The monoisotopic (exact) mass is 1070 g/mol. The zero-order valence-electron chi connectivity index (χ0n) is 43.8. The summed E-state index contributed by atoms with van der Waals surface area (Å²) in [5.41, 5.74) is 19.5. The fourth-order valence-electron chi connectivity index (χ4n) is 9.15. The van der Waals surface area contributed by atoms with Gasteiger partial charge in [-0.2, -0.15) is 0 Å².